The minimum Gasteiger partial charge on any atom is -0.371 e. The number of likely N-dealkylation sites (tertiary alicyclic amines) is 1. The van der Waals surface area contributed by atoms with E-state index in [2.05, 4.69) is 21.3 Å². The molecule has 0 aromatic heterocycles. The maximum Gasteiger partial charge on any atom is 0.290 e. The number of carbonyl (C=O) groups excluding carboxylic acids is 7. The molecule has 57 heavy (non-hydrogen) atoms. The summed E-state index contributed by atoms with van der Waals surface area (Å²) in [7, 11) is 0. The highest BCUT2D eigenvalue weighted by Gasteiger charge is 2.46. The molecular formula is C40H51ClF2N6O8. The third-order valence-electron chi connectivity index (χ3n) is 9.85. The largest absolute Gasteiger partial charge is 0.371 e. The van der Waals surface area contributed by atoms with E-state index in [0.717, 1.165) is 37.5 Å². The van der Waals surface area contributed by atoms with Gasteiger partial charge in [0.1, 0.15) is 35.3 Å². The Labute approximate surface area is 335 Å². The van der Waals surface area contributed by atoms with Crippen molar-refractivity contribution in [2.45, 2.75) is 115 Å². The molecule has 0 radical (unpaired) electrons. The van der Waals surface area contributed by atoms with E-state index in [1.165, 1.54) is 17.0 Å². The molecule has 0 spiro atoms. The number of primary amides is 1. The number of nitrogens with one attached hydrogen (secondary N) is 4. The minimum atomic E-state index is -1.35. The van der Waals surface area contributed by atoms with Gasteiger partial charge in [-0.05, 0) is 75.8 Å². The normalized spacial score (nSPS) is 18.8. The molecule has 1 aliphatic heterocycles. The van der Waals surface area contributed by atoms with Crippen LogP contribution in [0.2, 0.25) is 5.02 Å². The van der Waals surface area contributed by atoms with Crippen LogP contribution in [0.25, 0.3) is 0 Å². The molecule has 1 aliphatic carbocycles. The van der Waals surface area contributed by atoms with Crippen LogP contribution in [0, 0.1) is 17.6 Å². The van der Waals surface area contributed by atoms with Crippen LogP contribution in [-0.2, 0) is 33.5 Å². The zero-order valence-corrected chi connectivity index (χ0v) is 33.3. The lowest BCUT2D eigenvalue weighted by molar-refractivity contribution is -0.143. The van der Waals surface area contributed by atoms with Gasteiger partial charge >= 0.3 is 0 Å². The molecule has 2 aromatic rings. The first-order chi connectivity index (χ1) is 26.9. The van der Waals surface area contributed by atoms with Crippen molar-refractivity contribution in [2.75, 3.05) is 13.1 Å². The maximum atomic E-state index is 14.7. The predicted molar refractivity (Wildman–Crippen MR) is 205 cm³/mol. The number of hydrogen-bond acceptors (Lipinski definition) is 8. The van der Waals surface area contributed by atoms with Crippen molar-refractivity contribution in [3.05, 3.63) is 70.2 Å². The minimum absolute atomic E-state index is 0.00910. The highest BCUT2D eigenvalue weighted by molar-refractivity contribution is 6.38. The van der Waals surface area contributed by atoms with E-state index in [4.69, 9.17) is 22.1 Å². The van der Waals surface area contributed by atoms with Crippen LogP contribution >= 0.6 is 11.6 Å². The van der Waals surface area contributed by atoms with Gasteiger partial charge in [0.05, 0.1) is 24.3 Å². The van der Waals surface area contributed by atoms with E-state index >= 15 is 0 Å². The Bertz CT molecular complexity index is 1810. The van der Waals surface area contributed by atoms with Gasteiger partial charge < -0.3 is 36.6 Å². The summed E-state index contributed by atoms with van der Waals surface area (Å²) in [6.45, 7) is 6.38. The Balaban J connectivity index is 1.51. The Kier molecular flexibility index (Phi) is 15.7. The molecule has 310 valence electrons. The smallest absolute Gasteiger partial charge is 0.290 e. The van der Waals surface area contributed by atoms with E-state index in [9.17, 15) is 42.3 Å². The maximum absolute atomic E-state index is 14.7. The van der Waals surface area contributed by atoms with Crippen LogP contribution in [0.1, 0.15) is 101 Å². The van der Waals surface area contributed by atoms with Crippen LogP contribution < -0.4 is 27.0 Å². The van der Waals surface area contributed by atoms with E-state index in [1.807, 2.05) is 0 Å². The van der Waals surface area contributed by atoms with Gasteiger partial charge in [0, 0.05) is 18.0 Å². The Morgan fingerprint density at radius 2 is 1.60 bits per heavy atom. The molecule has 5 atom stereocenters. The van der Waals surface area contributed by atoms with Crippen molar-refractivity contribution in [1.29, 1.82) is 0 Å². The number of ketones is 1. The molecule has 2 aliphatic rings. The van der Waals surface area contributed by atoms with Crippen LogP contribution in [0.4, 0.5) is 8.78 Å². The average molecular weight is 817 g/mol. The van der Waals surface area contributed by atoms with Gasteiger partial charge in [0.15, 0.2) is 0 Å². The molecule has 1 saturated carbocycles. The molecule has 6 N–H and O–H groups in total. The number of halogens is 3. The second-order valence-corrected chi connectivity index (χ2v) is 15.8. The summed E-state index contributed by atoms with van der Waals surface area (Å²) in [6.07, 6.45) is 3.28. The molecule has 17 heteroatoms. The lowest BCUT2D eigenvalue weighted by atomic mass is 9.83. The number of carbonyl (C=O) groups is 7. The fourth-order valence-electron chi connectivity index (χ4n) is 7.28. The quantitative estimate of drug-likeness (QED) is 0.159. The third kappa shape index (κ3) is 12.3. The lowest BCUT2D eigenvalue weighted by Gasteiger charge is -2.35. The third-order valence-corrected chi connectivity index (χ3v) is 10.1. The second kappa shape index (κ2) is 19.9. The molecule has 0 bridgehead atoms. The summed E-state index contributed by atoms with van der Waals surface area (Å²) < 4.78 is 35.5. The molecule has 2 unspecified atom stereocenters. The Morgan fingerprint density at radius 1 is 0.947 bits per heavy atom. The lowest BCUT2D eigenvalue weighted by Crippen LogP contribution is -2.58. The molecule has 2 aromatic carbocycles. The average Bonchev–Trinajstić information content (AvgIpc) is 3.57. The Hall–Kier alpha value is -4.96. The zero-order chi connectivity index (χ0) is 42.0. The van der Waals surface area contributed by atoms with Crippen LogP contribution in [0.5, 0.6) is 0 Å². The first-order valence-corrected chi connectivity index (χ1v) is 19.5. The van der Waals surface area contributed by atoms with Gasteiger partial charge in [-0.3, -0.25) is 33.6 Å². The fraction of sp³-hybridized carbons (Fsp3) is 0.525. The van der Waals surface area contributed by atoms with Gasteiger partial charge in [-0.25, -0.2) is 8.78 Å². The van der Waals surface area contributed by atoms with Crippen molar-refractivity contribution < 1.29 is 47.1 Å². The van der Waals surface area contributed by atoms with Crippen molar-refractivity contribution >= 4 is 52.8 Å². The molecule has 2 fully saturated rings. The van der Waals surface area contributed by atoms with E-state index in [-0.39, 0.29) is 19.4 Å². The van der Waals surface area contributed by atoms with Gasteiger partial charge in [-0.2, -0.15) is 0 Å². The van der Waals surface area contributed by atoms with Gasteiger partial charge in [-0.1, -0.05) is 62.4 Å². The highest BCUT2D eigenvalue weighted by atomic mass is 35.5. The molecule has 4 rings (SSSR count). The first-order valence-electron chi connectivity index (χ1n) is 19.1. The highest BCUT2D eigenvalue weighted by Crippen LogP contribution is 2.31. The van der Waals surface area contributed by atoms with Crippen molar-refractivity contribution in [3.8, 4) is 0 Å². The number of nitrogens with zero attached hydrogens (tertiary/aromatic N) is 1. The molecule has 6 amide bonds. The predicted octanol–water partition coefficient (Wildman–Crippen LogP) is 3.39. The number of Topliss-reactive ketones (excluding diaryl/α,β-unsaturated/α-hetero) is 1. The molecule has 14 nitrogen and oxygen atoms in total. The number of ether oxygens (including phenoxy) is 1. The topological polar surface area (TPSA) is 206 Å². The molecule has 1 saturated heterocycles. The van der Waals surface area contributed by atoms with Gasteiger partial charge in [0.25, 0.3) is 11.8 Å². The number of nitrogens with two attached hydrogens (primary N) is 1. The fourth-order valence-corrected chi connectivity index (χ4v) is 7.48. The summed E-state index contributed by atoms with van der Waals surface area (Å²) in [4.78, 5) is 94.4. The standard InChI is InChI=1S/C40H51ClF2N6O8/c1-5-11-28(34(51)38(55)45-20-30(50)47-32(35(44)52)23-14-9-15-24(41)18-23)46-36(53)29-19-25(57-40(2,3)4)21-49(29)39(56)33(22-12-7-6-8-13-22)48-37(54)31-26(42)16-10-17-27(31)43/h9-10,14-18,22,25,28-29,32-33H,5-8,11-13,19-21H2,1-4H3,(H2,44,52)(H,45,55)(H,46,53)(H,47,50)(H,48,54)/t25-,28?,29+,32?,33+/m1/s1. The summed E-state index contributed by atoms with van der Waals surface area (Å²) in [6, 6.07) is 4.01. The SMILES string of the molecule is CCCC(NC(=O)[C@@H]1C[C@@H](OC(C)(C)C)CN1C(=O)[C@@H](NC(=O)c1c(F)cccc1F)C1CCCCC1)C(=O)C(=O)NCC(=O)NC(C(N)=O)c1cccc(Cl)c1. The summed E-state index contributed by atoms with van der Waals surface area (Å²) in [5.41, 5.74) is 4.25. The molecular weight excluding hydrogens is 766 g/mol. The number of benzene rings is 2. The van der Waals surface area contributed by atoms with Crippen LogP contribution in [0.3, 0.4) is 0 Å². The van der Waals surface area contributed by atoms with E-state index in [1.54, 1.807) is 39.8 Å². The van der Waals surface area contributed by atoms with E-state index < -0.39 is 107 Å². The Morgan fingerprint density at radius 3 is 2.19 bits per heavy atom. The first kappa shape index (κ1) is 44.8. The van der Waals surface area contributed by atoms with Gasteiger partial charge in [0.2, 0.25) is 29.4 Å². The van der Waals surface area contributed by atoms with Crippen molar-refractivity contribution in [1.82, 2.24) is 26.2 Å². The number of amides is 6. The van der Waals surface area contributed by atoms with Crippen molar-refractivity contribution in [2.24, 2.45) is 11.7 Å². The number of rotatable bonds is 16. The number of hydrogen-bond donors (Lipinski definition) is 5. The van der Waals surface area contributed by atoms with Crippen molar-refractivity contribution in [3.63, 3.8) is 0 Å². The molecule has 1 heterocycles. The summed E-state index contributed by atoms with van der Waals surface area (Å²) in [5, 5.41) is 10.1. The van der Waals surface area contributed by atoms with E-state index in [0.29, 0.717) is 29.8 Å². The zero-order valence-electron chi connectivity index (χ0n) is 32.5. The van der Waals surface area contributed by atoms with Gasteiger partial charge in [-0.15, -0.1) is 0 Å². The van der Waals surface area contributed by atoms with Crippen LogP contribution in [-0.4, -0.2) is 89.0 Å². The monoisotopic (exact) mass is 816 g/mol. The summed E-state index contributed by atoms with van der Waals surface area (Å²) in [5.74, 6) is -9.07. The summed E-state index contributed by atoms with van der Waals surface area (Å²) >= 11 is 6.00. The van der Waals surface area contributed by atoms with Crippen LogP contribution in [0.15, 0.2) is 42.5 Å². The second-order valence-electron chi connectivity index (χ2n) is 15.4.